The SMILES string of the molecule is Cc1occc1CN(C)c1nc(C2CC2)nc(Cl)c1C. The molecule has 20 heavy (non-hydrogen) atoms. The standard InChI is InChI=1S/C15H18ClN3O/c1-9-13(16)17-14(11-4-5-11)18-15(9)19(3)8-12-6-7-20-10(12)2/h6-7,11H,4-5,8H2,1-3H3. The molecule has 0 aliphatic heterocycles. The third-order valence-corrected chi connectivity index (χ3v) is 4.12. The quantitative estimate of drug-likeness (QED) is 0.802. The Kier molecular flexibility index (Phi) is 3.42. The first kappa shape index (κ1) is 13.4. The molecule has 0 spiro atoms. The molecule has 1 aliphatic carbocycles. The number of halogens is 1. The van der Waals surface area contributed by atoms with Gasteiger partial charge in [-0.25, -0.2) is 9.97 Å². The zero-order valence-corrected chi connectivity index (χ0v) is 12.7. The van der Waals surface area contributed by atoms with Gasteiger partial charge in [-0.2, -0.15) is 0 Å². The van der Waals surface area contributed by atoms with E-state index in [-0.39, 0.29) is 0 Å². The second kappa shape index (κ2) is 5.09. The van der Waals surface area contributed by atoms with Crippen LogP contribution in [0, 0.1) is 13.8 Å². The van der Waals surface area contributed by atoms with Gasteiger partial charge in [0, 0.05) is 30.6 Å². The second-order valence-electron chi connectivity index (χ2n) is 5.45. The Labute approximate surface area is 123 Å². The van der Waals surface area contributed by atoms with E-state index >= 15 is 0 Å². The minimum atomic E-state index is 0.496. The van der Waals surface area contributed by atoms with E-state index in [2.05, 4.69) is 9.88 Å². The Morgan fingerprint density at radius 2 is 2.10 bits per heavy atom. The minimum Gasteiger partial charge on any atom is -0.469 e. The van der Waals surface area contributed by atoms with Crippen molar-refractivity contribution in [1.82, 2.24) is 9.97 Å². The molecule has 2 heterocycles. The number of nitrogens with zero attached hydrogens (tertiary/aromatic N) is 3. The topological polar surface area (TPSA) is 42.2 Å². The van der Waals surface area contributed by atoms with E-state index in [4.69, 9.17) is 21.0 Å². The highest BCUT2D eigenvalue weighted by Gasteiger charge is 2.28. The third-order valence-electron chi connectivity index (χ3n) is 3.76. The van der Waals surface area contributed by atoms with Gasteiger partial charge in [0.05, 0.1) is 6.26 Å². The molecular formula is C15H18ClN3O. The molecular weight excluding hydrogens is 274 g/mol. The summed E-state index contributed by atoms with van der Waals surface area (Å²) in [5, 5.41) is 0.563. The number of aromatic nitrogens is 2. The Morgan fingerprint density at radius 3 is 2.70 bits per heavy atom. The van der Waals surface area contributed by atoms with Crippen LogP contribution in [0.2, 0.25) is 5.15 Å². The predicted molar refractivity (Wildman–Crippen MR) is 79.3 cm³/mol. The highest BCUT2D eigenvalue weighted by molar-refractivity contribution is 6.30. The first-order chi connectivity index (χ1) is 9.56. The molecule has 4 nitrogen and oxygen atoms in total. The fourth-order valence-corrected chi connectivity index (χ4v) is 2.47. The van der Waals surface area contributed by atoms with E-state index in [1.54, 1.807) is 6.26 Å². The van der Waals surface area contributed by atoms with Crippen LogP contribution in [0.3, 0.4) is 0 Å². The maximum atomic E-state index is 6.25. The van der Waals surface area contributed by atoms with Crippen molar-refractivity contribution in [3.05, 3.63) is 40.2 Å². The lowest BCUT2D eigenvalue weighted by atomic mass is 10.2. The Bertz CT molecular complexity index is 634. The van der Waals surface area contributed by atoms with Crippen molar-refractivity contribution < 1.29 is 4.42 Å². The van der Waals surface area contributed by atoms with Crippen LogP contribution in [0.1, 0.15) is 41.5 Å². The summed E-state index contributed by atoms with van der Waals surface area (Å²) in [4.78, 5) is 11.2. The van der Waals surface area contributed by atoms with Crippen LogP contribution in [0.15, 0.2) is 16.7 Å². The summed E-state index contributed by atoms with van der Waals surface area (Å²) < 4.78 is 5.34. The highest BCUT2D eigenvalue weighted by atomic mass is 35.5. The van der Waals surface area contributed by atoms with Crippen LogP contribution in [0.5, 0.6) is 0 Å². The van der Waals surface area contributed by atoms with Gasteiger partial charge in [-0.05, 0) is 32.8 Å². The van der Waals surface area contributed by atoms with Gasteiger partial charge in [0.1, 0.15) is 22.6 Å². The number of hydrogen-bond acceptors (Lipinski definition) is 4. The lowest BCUT2D eigenvalue weighted by Gasteiger charge is -2.21. The Balaban J connectivity index is 1.90. The van der Waals surface area contributed by atoms with Crippen LogP contribution in [0.4, 0.5) is 5.82 Å². The van der Waals surface area contributed by atoms with E-state index in [9.17, 15) is 0 Å². The zero-order chi connectivity index (χ0) is 14.3. The highest BCUT2D eigenvalue weighted by Crippen LogP contribution is 2.40. The molecule has 0 bridgehead atoms. The van der Waals surface area contributed by atoms with Gasteiger partial charge in [-0.3, -0.25) is 0 Å². The first-order valence-electron chi connectivity index (χ1n) is 6.84. The molecule has 2 aromatic heterocycles. The van der Waals surface area contributed by atoms with Gasteiger partial charge in [-0.1, -0.05) is 11.6 Å². The van der Waals surface area contributed by atoms with Gasteiger partial charge >= 0.3 is 0 Å². The van der Waals surface area contributed by atoms with Gasteiger partial charge in [0.15, 0.2) is 0 Å². The van der Waals surface area contributed by atoms with Crippen LogP contribution >= 0.6 is 11.6 Å². The molecule has 0 aromatic carbocycles. The number of hydrogen-bond donors (Lipinski definition) is 0. The van der Waals surface area contributed by atoms with Crippen molar-refractivity contribution in [2.75, 3.05) is 11.9 Å². The number of aryl methyl sites for hydroxylation is 1. The van der Waals surface area contributed by atoms with Crippen molar-refractivity contribution in [2.24, 2.45) is 0 Å². The normalized spacial score (nSPS) is 14.6. The molecule has 0 radical (unpaired) electrons. The van der Waals surface area contributed by atoms with Gasteiger partial charge in [0.25, 0.3) is 0 Å². The monoisotopic (exact) mass is 291 g/mol. The van der Waals surface area contributed by atoms with Crippen LogP contribution < -0.4 is 4.90 Å². The second-order valence-corrected chi connectivity index (χ2v) is 5.81. The largest absolute Gasteiger partial charge is 0.469 e. The summed E-state index contributed by atoms with van der Waals surface area (Å²) in [5.41, 5.74) is 2.09. The van der Waals surface area contributed by atoms with E-state index in [1.807, 2.05) is 27.0 Å². The minimum absolute atomic E-state index is 0.496. The molecule has 3 rings (SSSR count). The van der Waals surface area contributed by atoms with Crippen LogP contribution in [0.25, 0.3) is 0 Å². The molecule has 1 fully saturated rings. The van der Waals surface area contributed by atoms with E-state index < -0.39 is 0 Å². The predicted octanol–water partition coefficient (Wildman–Crippen LogP) is 3.85. The maximum Gasteiger partial charge on any atom is 0.137 e. The number of furan rings is 1. The summed E-state index contributed by atoms with van der Waals surface area (Å²) in [6.07, 6.45) is 4.06. The zero-order valence-electron chi connectivity index (χ0n) is 12.0. The van der Waals surface area contributed by atoms with Crippen molar-refractivity contribution in [2.45, 2.75) is 39.2 Å². The van der Waals surface area contributed by atoms with Crippen molar-refractivity contribution in [3.8, 4) is 0 Å². The Hall–Kier alpha value is -1.55. The summed E-state index contributed by atoms with van der Waals surface area (Å²) in [6.45, 7) is 4.69. The summed E-state index contributed by atoms with van der Waals surface area (Å²) in [5.74, 6) is 3.23. The molecule has 0 saturated heterocycles. The molecule has 5 heteroatoms. The van der Waals surface area contributed by atoms with Crippen molar-refractivity contribution in [1.29, 1.82) is 0 Å². The average Bonchev–Trinajstić information content (AvgIpc) is 3.18. The number of anilines is 1. The molecule has 1 aliphatic rings. The lowest BCUT2D eigenvalue weighted by Crippen LogP contribution is -2.20. The lowest BCUT2D eigenvalue weighted by molar-refractivity contribution is 0.529. The van der Waals surface area contributed by atoms with Crippen LogP contribution in [-0.4, -0.2) is 17.0 Å². The molecule has 0 amide bonds. The van der Waals surface area contributed by atoms with Gasteiger partial charge in [0.2, 0.25) is 0 Å². The van der Waals surface area contributed by atoms with E-state index in [0.717, 1.165) is 35.1 Å². The van der Waals surface area contributed by atoms with Gasteiger partial charge in [-0.15, -0.1) is 0 Å². The third kappa shape index (κ3) is 2.52. The van der Waals surface area contributed by atoms with Gasteiger partial charge < -0.3 is 9.32 Å². The van der Waals surface area contributed by atoms with E-state index in [1.165, 1.54) is 12.8 Å². The fourth-order valence-electron chi connectivity index (χ4n) is 2.30. The maximum absolute atomic E-state index is 6.25. The molecule has 0 atom stereocenters. The summed E-state index contributed by atoms with van der Waals surface area (Å²) in [6, 6.07) is 1.99. The summed E-state index contributed by atoms with van der Waals surface area (Å²) >= 11 is 6.25. The number of rotatable bonds is 4. The molecule has 1 saturated carbocycles. The van der Waals surface area contributed by atoms with Crippen LogP contribution in [-0.2, 0) is 6.54 Å². The molecule has 0 N–H and O–H groups in total. The van der Waals surface area contributed by atoms with Crippen molar-refractivity contribution >= 4 is 17.4 Å². The fraction of sp³-hybridized carbons (Fsp3) is 0.467. The summed E-state index contributed by atoms with van der Waals surface area (Å²) in [7, 11) is 2.02. The van der Waals surface area contributed by atoms with Crippen molar-refractivity contribution in [3.63, 3.8) is 0 Å². The molecule has 0 unspecified atom stereocenters. The van der Waals surface area contributed by atoms with E-state index in [0.29, 0.717) is 11.1 Å². The average molecular weight is 292 g/mol. The Morgan fingerprint density at radius 1 is 1.35 bits per heavy atom. The first-order valence-corrected chi connectivity index (χ1v) is 7.22. The smallest absolute Gasteiger partial charge is 0.137 e. The molecule has 2 aromatic rings. The molecule has 106 valence electrons.